The van der Waals surface area contributed by atoms with Gasteiger partial charge in [0.25, 0.3) is 0 Å². The third-order valence-electron chi connectivity index (χ3n) is 4.62. The maximum atomic E-state index is 12.7. The van der Waals surface area contributed by atoms with E-state index in [0.717, 1.165) is 49.8 Å². The van der Waals surface area contributed by atoms with Crippen LogP contribution in [0, 0.1) is 5.92 Å². The van der Waals surface area contributed by atoms with Crippen LogP contribution < -0.4 is 5.32 Å². The number of rotatable bonds is 5. The highest BCUT2D eigenvalue weighted by molar-refractivity contribution is 14.0. The molecule has 0 saturated carbocycles. The van der Waals surface area contributed by atoms with Crippen molar-refractivity contribution in [2.75, 3.05) is 40.3 Å². The fourth-order valence-corrected chi connectivity index (χ4v) is 3.26. The van der Waals surface area contributed by atoms with Gasteiger partial charge in [-0.15, -0.1) is 24.0 Å². The molecule has 27 heavy (non-hydrogen) atoms. The molecule has 1 aliphatic heterocycles. The number of halogens is 4. The summed E-state index contributed by atoms with van der Waals surface area (Å²) in [5, 5.41) is 3.27. The maximum absolute atomic E-state index is 12.7. The third-order valence-corrected chi connectivity index (χ3v) is 4.62. The first kappa shape index (κ1) is 24.0. The summed E-state index contributed by atoms with van der Waals surface area (Å²) in [6.45, 7) is 6.24. The molecule has 1 fully saturated rings. The average Bonchev–Trinajstić information content (AvgIpc) is 2.58. The molecule has 8 heteroatoms. The van der Waals surface area contributed by atoms with Crippen LogP contribution in [0.25, 0.3) is 0 Å². The summed E-state index contributed by atoms with van der Waals surface area (Å²) in [6.07, 6.45) is -1.90. The highest BCUT2D eigenvalue weighted by Crippen LogP contribution is 2.29. The lowest BCUT2D eigenvalue weighted by Gasteiger charge is -2.29. The number of nitrogens with one attached hydrogen (secondary N) is 1. The fourth-order valence-electron chi connectivity index (χ4n) is 3.26. The van der Waals surface area contributed by atoms with E-state index in [1.165, 1.54) is 25.0 Å². The summed E-state index contributed by atoms with van der Waals surface area (Å²) in [4.78, 5) is 9.04. The summed E-state index contributed by atoms with van der Waals surface area (Å²) >= 11 is 0. The summed E-state index contributed by atoms with van der Waals surface area (Å²) in [6, 6.07) is 5.31. The minimum atomic E-state index is -4.30. The average molecular weight is 498 g/mol. The van der Waals surface area contributed by atoms with E-state index in [2.05, 4.69) is 17.3 Å². The maximum Gasteiger partial charge on any atom is 0.416 e. The van der Waals surface area contributed by atoms with Gasteiger partial charge in [-0.1, -0.05) is 12.1 Å². The van der Waals surface area contributed by atoms with Crippen molar-refractivity contribution >= 4 is 29.9 Å². The van der Waals surface area contributed by atoms with Gasteiger partial charge in [-0.05, 0) is 57.0 Å². The Kier molecular flexibility index (Phi) is 9.86. The first-order valence-electron chi connectivity index (χ1n) is 9.13. The van der Waals surface area contributed by atoms with Crippen molar-refractivity contribution in [2.24, 2.45) is 10.9 Å². The molecule has 0 aliphatic carbocycles. The van der Waals surface area contributed by atoms with Crippen LogP contribution in [-0.4, -0.2) is 56.0 Å². The van der Waals surface area contributed by atoms with Gasteiger partial charge in [0.15, 0.2) is 5.96 Å². The zero-order chi connectivity index (χ0) is 19.2. The van der Waals surface area contributed by atoms with E-state index in [1.54, 1.807) is 0 Å². The second kappa shape index (κ2) is 11.1. The quantitative estimate of drug-likeness (QED) is 0.378. The van der Waals surface area contributed by atoms with Crippen molar-refractivity contribution in [3.8, 4) is 0 Å². The molecule has 0 aromatic heterocycles. The van der Waals surface area contributed by atoms with E-state index in [0.29, 0.717) is 12.5 Å². The Hall–Kier alpha value is -1.03. The van der Waals surface area contributed by atoms with Gasteiger partial charge in [0.05, 0.1) is 5.56 Å². The van der Waals surface area contributed by atoms with Gasteiger partial charge >= 0.3 is 6.18 Å². The van der Waals surface area contributed by atoms with Crippen LogP contribution in [-0.2, 0) is 12.7 Å². The number of benzene rings is 1. The number of piperidine rings is 1. The van der Waals surface area contributed by atoms with Crippen molar-refractivity contribution in [2.45, 2.75) is 32.5 Å². The zero-order valence-corrected chi connectivity index (χ0v) is 18.6. The first-order valence-corrected chi connectivity index (χ1v) is 9.13. The molecule has 0 radical (unpaired) electrons. The molecule has 1 aromatic carbocycles. The molecule has 1 heterocycles. The lowest BCUT2D eigenvalue weighted by molar-refractivity contribution is -0.137. The van der Waals surface area contributed by atoms with Crippen LogP contribution in [0.2, 0.25) is 0 Å². The number of hydrogen-bond donors (Lipinski definition) is 1. The second-order valence-electron chi connectivity index (χ2n) is 7.02. The number of aliphatic imine (C=N–C) groups is 1. The Bertz CT molecular complexity index is 590. The zero-order valence-electron chi connectivity index (χ0n) is 16.2. The van der Waals surface area contributed by atoms with Gasteiger partial charge in [-0.2, -0.15) is 13.2 Å². The van der Waals surface area contributed by atoms with E-state index >= 15 is 0 Å². The van der Waals surface area contributed by atoms with Crippen LogP contribution >= 0.6 is 24.0 Å². The van der Waals surface area contributed by atoms with E-state index in [4.69, 9.17) is 4.99 Å². The Morgan fingerprint density at radius 3 is 2.52 bits per heavy atom. The van der Waals surface area contributed by atoms with Gasteiger partial charge in [0, 0.05) is 33.2 Å². The Morgan fingerprint density at radius 1 is 1.30 bits per heavy atom. The molecule has 1 aromatic rings. The molecular weight excluding hydrogens is 468 g/mol. The minimum absolute atomic E-state index is 0. The Balaban J connectivity index is 0.00000364. The molecule has 0 bridgehead atoms. The molecule has 1 aliphatic rings. The minimum Gasteiger partial charge on any atom is -0.357 e. The van der Waals surface area contributed by atoms with Crippen LogP contribution in [0.4, 0.5) is 13.2 Å². The molecular formula is C19H30F3IN4. The number of guanidine groups is 1. The van der Waals surface area contributed by atoms with Gasteiger partial charge in [-0.25, -0.2) is 0 Å². The van der Waals surface area contributed by atoms with Gasteiger partial charge in [0.2, 0.25) is 0 Å². The second-order valence-corrected chi connectivity index (χ2v) is 7.02. The number of alkyl halides is 3. The summed E-state index contributed by atoms with van der Waals surface area (Å²) in [5.74, 6) is 1.35. The third kappa shape index (κ3) is 7.85. The molecule has 2 rings (SSSR count). The van der Waals surface area contributed by atoms with Gasteiger partial charge < -0.3 is 15.1 Å². The number of hydrogen-bond acceptors (Lipinski definition) is 2. The Morgan fingerprint density at radius 2 is 1.96 bits per heavy atom. The molecule has 1 N–H and O–H groups in total. The Labute approximate surface area is 177 Å². The largest absolute Gasteiger partial charge is 0.416 e. The lowest BCUT2D eigenvalue weighted by atomic mass is 9.99. The summed E-state index contributed by atoms with van der Waals surface area (Å²) in [7, 11) is 4.05. The van der Waals surface area contributed by atoms with E-state index in [-0.39, 0.29) is 24.0 Å². The summed E-state index contributed by atoms with van der Waals surface area (Å²) in [5.41, 5.74) is 0.203. The first-order chi connectivity index (χ1) is 12.3. The van der Waals surface area contributed by atoms with Crippen molar-refractivity contribution < 1.29 is 13.2 Å². The predicted octanol–water partition coefficient (Wildman–Crippen LogP) is 4.06. The molecule has 154 valence electrons. The summed E-state index contributed by atoms with van der Waals surface area (Å²) < 4.78 is 38.0. The molecule has 1 atom stereocenters. The molecule has 0 amide bonds. The number of likely N-dealkylation sites (tertiary alicyclic amines) is 1. The molecule has 0 spiro atoms. The van der Waals surface area contributed by atoms with Gasteiger partial charge in [-0.3, -0.25) is 4.99 Å². The SMILES string of the molecule is CCNC(=NCC1CCCN(C)C1)N(C)Cc1ccc(C(F)(F)F)cc1.I. The predicted molar refractivity (Wildman–Crippen MR) is 115 cm³/mol. The molecule has 4 nitrogen and oxygen atoms in total. The monoisotopic (exact) mass is 498 g/mol. The van der Waals surface area contributed by atoms with Crippen molar-refractivity contribution in [1.82, 2.24) is 15.1 Å². The van der Waals surface area contributed by atoms with E-state index in [1.807, 2.05) is 18.9 Å². The van der Waals surface area contributed by atoms with Crippen molar-refractivity contribution in [3.05, 3.63) is 35.4 Å². The van der Waals surface area contributed by atoms with Crippen molar-refractivity contribution in [1.29, 1.82) is 0 Å². The van der Waals surface area contributed by atoms with Crippen LogP contribution in [0.15, 0.2) is 29.3 Å². The fraction of sp³-hybridized carbons (Fsp3) is 0.632. The normalized spacial score (nSPS) is 18.7. The van der Waals surface area contributed by atoms with E-state index < -0.39 is 11.7 Å². The smallest absolute Gasteiger partial charge is 0.357 e. The van der Waals surface area contributed by atoms with Crippen LogP contribution in [0.3, 0.4) is 0 Å². The highest BCUT2D eigenvalue weighted by atomic mass is 127. The van der Waals surface area contributed by atoms with Crippen LogP contribution in [0.5, 0.6) is 0 Å². The number of nitrogens with zero attached hydrogens (tertiary/aromatic N) is 3. The topological polar surface area (TPSA) is 30.9 Å². The molecule has 1 unspecified atom stereocenters. The van der Waals surface area contributed by atoms with Crippen LogP contribution in [0.1, 0.15) is 30.9 Å². The van der Waals surface area contributed by atoms with E-state index in [9.17, 15) is 13.2 Å². The highest BCUT2D eigenvalue weighted by Gasteiger charge is 2.30. The standard InChI is InChI=1S/C19H29F3N4.HI/c1-4-23-18(24-12-16-6-5-11-25(2)13-16)26(3)14-15-7-9-17(10-8-15)19(20,21)22;/h7-10,16H,4-6,11-14H2,1-3H3,(H,23,24);1H. The lowest BCUT2D eigenvalue weighted by Crippen LogP contribution is -2.39. The van der Waals surface area contributed by atoms with Crippen molar-refractivity contribution in [3.63, 3.8) is 0 Å². The molecule has 1 saturated heterocycles. The van der Waals surface area contributed by atoms with Gasteiger partial charge in [0.1, 0.15) is 0 Å².